The highest BCUT2D eigenvalue weighted by atomic mass is 16.5. The fourth-order valence-electron chi connectivity index (χ4n) is 1.87. The molecule has 0 radical (unpaired) electrons. The molecule has 0 atom stereocenters. The van der Waals surface area contributed by atoms with Gasteiger partial charge in [-0.1, -0.05) is 72.1 Å². The Morgan fingerprint density at radius 3 is 2.00 bits per heavy atom. The molecular formula is C19H16O2. The van der Waals surface area contributed by atoms with Crippen molar-refractivity contribution < 1.29 is 9.53 Å². The molecule has 0 saturated carbocycles. The summed E-state index contributed by atoms with van der Waals surface area (Å²) in [5.74, 6) is -0.412. The summed E-state index contributed by atoms with van der Waals surface area (Å²) in [5.41, 5.74) is 8.76. The number of carbonyl (C=O) groups excluding carboxylic acids is 1. The van der Waals surface area contributed by atoms with Gasteiger partial charge < -0.3 is 4.74 Å². The SMILES string of the molecule is CCOC(=O)C=C=C=C(c1ccccc1)c1ccccc1. The average Bonchev–Trinajstić information content (AvgIpc) is 2.53. The maximum atomic E-state index is 11.3. The molecule has 0 saturated heterocycles. The largest absolute Gasteiger partial charge is 0.462 e. The minimum absolute atomic E-state index is 0.352. The van der Waals surface area contributed by atoms with Gasteiger partial charge in [0.05, 0.1) is 12.7 Å². The van der Waals surface area contributed by atoms with E-state index in [0.717, 1.165) is 16.7 Å². The van der Waals surface area contributed by atoms with E-state index in [1.54, 1.807) is 6.92 Å². The second-order valence-corrected chi connectivity index (χ2v) is 4.27. The van der Waals surface area contributed by atoms with E-state index in [1.165, 1.54) is 6.08 Å². The Hall–Kier alpha value is -2.79. The lowest BCUT2D eigenvalue weighted by molar-refractivity contribution is -0.137. The van der Waals surface area contributed by atoms with Crippen molar-refractivity contribution in [2.24, 2.45) is 0 Å². The van der Waals surface area contributed by atoms with Crippen LogP contribution in [0.4, 0.5) is 0 Å². The van der Waals surface area contributed by atoms with Gasteiger partial charge in [-0.2, -0.15) is 0 Å². The lowest BCUT2D eigenvalue weighted by atomic mass is 9.99. The van der Waals surface area contributed by atoms with E-state index in [2.05, 4.69) is 11.5 Å². The highest BCUT2D eigenvalue weighted by molar-refractivity contribution is 5.83. The number of ether oxygens (including phenoxy) is 1. The molecule has 0 aromatic heterocycles. The van der Waals surface area contributed by atoms with Crippen LogP contribution >= 0.6 is 0 Å². The Morgan fingerprint density at radius 2 is 1.52 bits per heavy atom. The first-order chi connectivity index (χ1) is 10.3. The fraction of sp³-hybridized carbons (Fsp3) is 0.105. The highest BCUT2D eigenvalue weighted by Crippen LogP contribution is 2.21. The van der Waals surface area contributed by atoms with E-state index in [9.17, 15) is 4.79 Å². The molecule has 0 bridgehead atoms. The summed E-state index contributed by atoms with van der Waals surface area (Å²) in [6.45, 7) is 2.12. The van der Waals surface area contributed by atoms with Crippen LogP contribution < -0.4 is 0 Å². The van der Waals surface area contributed by atoms with Crippen molar-refractivity contribution in [3.8, 4) is 0 Å². The van der Waals surface area contributed by atoms with Crippen LogP contribution in [0.25, 0.3) is 5.57 Å². The molecule has 2 heteroatoms. The van der Waals surface area contributed by atoms with Crippen LogP contribution in [0.3, 0.4) is 0 Å². The zero-order valence-corrected chi connectivity index (χ0v) is 11.9. The van der Waals surface area contributed by atoms with Gasteiger partial charge in [-0.25, -0.2) is 4.79 Å². The van der Waals surface area contributed by atoms with Crippen LogP contribution in [0.2, 0.25) is 0 Å². The quantitative estimate of drug-likeness (QED) is 0.479. The first kappa shape index (κ1) is 14.6. The van der Waals surface area contributed by atoms with E-state index in [0.29, 0.717) is 6.61 Å². The lowest BCUT2D eigenvalue weighted by Gasteiger charge is -2.04. The molecule has 0 aliphatic carbocycles. The normalized spacial score (nSPS) is 9.19. The van der Waals surface area contributed by atoms with E-state index in [-0.39, 0.29) is 0 Å². The molecule has 0 aliphatic heterocycles. The third kappa shape index (κ3) is 4.36. The standard InChI is InChI=1S/C19H16O2/c1-2-21-19(20)15-9-14-18(16-10-5-3-6-11-16)17-12-7-4-8-13-17/h3-8,10-13,15H,2H2,1H3. The summed E-state index contributed by atoms with van der Waals surface area (Å²) in [7, 11) is 0. The third-order valence-corrected chi connectivity index (χ3v) is 2.80. The van der Waals surface area contributed by atoms with Crippen molar-refractivity contribution in [2.75, 3.05) is 6.61 Å². The minimum Gasteiger partial charge on any atom is -0.462 e. The summed E-state index contributed by atoms with van der Waals surface area (Å²) in [6, 6.07) is 19.8. The Balaban J connectivity index is 2.47. The first-order valence-corrected chi connectivity index (χ1v) is 6.80. The molecule has 0 heterocycles. The maximum Gasteiger partial charge on any atom is 0.339 e. The monoisotopic (exact) mass is 276 g/mol. The zero-order chi connectivity index (χ0) is 14.9. The number of rotatable bonds is 4. The topological polar surface area (TPSA) is 26.3 Å². The minimum atomic E-state index is -0.412. The summed E-state index contributed by atoms with van der Waals surface area (Å²) in [4.78, 5) is 11.3. The molecule has 21 heavy (non-hydrogen) atoms. The Labute approximate surface area is 124 Å². The van der Waals surface area contributed by atoms with Crippen LogP contribution in [0.5, 0.6) is 0 Å². The van der Waals surface area contributed by atoms with Crippen LogP contribution in [-0.2, 0) is 9.53 Å². The average molecular weight is 276 g/mol. The van der Waals surface area contributed by atoms with Gasteiger partial charge in [0.2, 0.25) is 0 Å². The molecule has 0 spiro atoms. The number of esters is 1. The van der Waals surface area contributed by atoms with Crippen LogP contribution in [0, 0.1) is 0 Å². The van der Waals surface area contributed by atoms with Crippen molar-refractivity contribution >= 4 is 11.5 Å². The Kier molecular flexibility index (Phi) is 5.37. The predicted molar refractivity (Wildman–Crippen MR) is 83.6 cm³/mol. The number of carbonyl (C=O) groups is 1. The van der Waals surface area contributed by atoms with Gasteiger partial charge >= 0.3 is 5.97 Å². The van der Waals surface area contributed by atoms with Crippen molar-refractivity contribution in [1.29, 1.82) is 0 Å². The zero-order valence-electron chi connectivity index (χ0n) is 11.9. The smallest absolute Gasteiger partial charge is 0.339 e. The molecule has 0 N–H and O–H groups in total. The second kappa shape index (κ2) is 7.72. The van der Waals surface area contributed by atoms with E-state index >= 15 is 0 Å². The number of hydrogen-bond acceptors (Lipinski definition) is 2. The fourth-order valence-corrected chi connectivity index (χ4v) is 1.87. The Morgan fingerprint density at radius 1 is 1.00 bits per heavy atom. The van der Waals surface area contributed by atoms with Gasteiger partial charge in [0.1, 0.15) is 0 Å². The molecule has 104 valence electrons. The van der Waals surface area contributed by atoms with Gasteiger partial charge in [-0.05, 0) is 18.1 Å². The second-order valence-electron chi connectivity index (χ2n) is 4.27. The molecular weight excluding hydrogens is 260 g/mol. The predicted octanol–water partition coefficient (Wildman–Crippen LogP) is 3.99. The summed E-state index contributed by atoms with van der Waals surface area (Å²) < 4.78 is 4.83. The Bertz CT molecular complexity index is 645. The van der Waals surface area contributed by atoms with Gasteiger partial charge in [0, 0.05) is 5.57 Å². The lowest BCUT2D eigenvalue weighted by Crippen LogP contribution is -1.97. The van der Waals surface area contributed by atoms with Crippen LogP contribution in [0.1, 0.15) is 18.1 Å². The highest BCUT2D eigenvalue weighted by Gasteiger charge is 2.02. The van der Waals surface area contributed by atoms with Crippen LogP contribution in [0.15, 0.2) is 78.2 Å². The van der Waals surface area contributed by atoms with Crippen molar-refractivity contribution in [3.63, 3.8) is 0 Å². The van der Waals surface area contributed by atoms with Gasteiger partial charge in [0.15, 0.2) is 0 Å². The summed E-state index contributed by atoms with van der Waals surface area (Å²) in [6.07, 6.45) is 1.26. The van der Waals surface area contributed by atoms with Crippen molar-refractivity contribution in [1.82, 2.24) is 0 Å². The first-order valence-electron chi connectivity index (χ1n) is 6.80. The van der Waals surface area contributed by atoms with Crippen molar-refractivity contribution in [3.05, 3.63) is 89.3 Å². The van der Waals surface area contributed by atoms with Crippen molar-refractivity contribution in [2.45, 2.75) is 6.92 Å². The number of hydrogen-bond donors (Lipinski definition) is 0. The molecule has 0 unspecified atom stereocenters. The molecule has 2 nitrogen and oxygen atoms in total. The van der Waals surface area contributed by atoms with Crippen LogP contribution in [-0.4, -0.2) is 12.6 Å². The van der Waals surface area contributed by atoms with Gasteiger partial charge in [0.25, 0.3) is 0 Å². The van der Waals surface area contributed by atoms with E-state index < -0.39 is 5.97 Å². The molecule has 2 aromatic carbocycles. The van der Waals surface area contributed by atoms with E-state index in [1.807, 2.05) is 60.7 Å². The molecule has 0 aliphatic rings. The molecule has 2 aromatic rings. The maximum absolute atomic E-state index is 11.3. The van der Waals surface area contributed by atoms with Gasteiger partial charge in [-0.15, -0.1) is 0 Å². The summed E-state index contributed by atoms with van der Waals surface area (Å²) in [5, 5.41) is 0. The molecule has 0 amide bonds. The number of benzene rings is 2. The van der Waals surface area contributed by atoms with Gasteiger partial charge in [-0.3, -0.25) is 0 Å². The molecule has 2 rings (SSSR count). The molecule has 0 fully saturated rings. The third-order valence-electron chi connectivity index (χ3n) is 2.80. The van der Waals surface area contributed by atoms with E-state index in [4.69, 9.17) is 4.74 Å². The summed E-state index contributed by atoms with van der Waals surface area (Å²) >= 11 is 0.